The minimum atomic E-state index is -0.874. The molecule has 0 unspecified atom stereocenters. The van der Waals surface area contributed by atoms with Gasteiger partial charge in [0.25, 0.3) is 0 Å². The summed E-state index contributed by atoms with van der Waals surface area (Å²) in [6, 6.07) is -0.639. The molecular formula is C29H47NO5. The number of aliphatic carboxylic acids is 1. The molecule has 1 aliphatic heterocycles. The fourth-order valence-electron chi connectivity index (χ4n) is 10.2. The van der Waals surface area contributed by atoms with Crippen LogP contribution in [0.25, 0.3) is 0 Å². The molecule has 1 heterocycles. The van der Waals surface area contributed by atoms with Crippen molar-refractivity contribution in [3.05, 3.63) is 0 Å². The summed E-state index contributed by atoms with van der Waals surface area (Å²) in [6.45, 7) is 7.80. The third-order valence-electron chi connectivity index (χ3n) is 12.1. The molecule has 11 atom stereocenters. The molecule has 35 heavy (non-hydrogen) atoms. The predicted octanol–water partition coefficient (Wildman–Crippen LogP) is 4.47. The summed E-state index contributed by atoms with van der Waals surface area (Å²) in [7, 11) is 0. The lowest BCUT2D eigenvalue weighted by atomic mass is 9.43. The Labute approximate surface area is 210 Å². The van der Waals surface area contributed by atoms with Gasteiger partial charge in [-0.2, -0.15) is 0 Å². The standard InChI is InChI=1S/C29H47NO5/c1-17(6-9-25(33)30-14-4-5-23(30)27(34)35)20-7-8-21-26-22(11-13-29(20,21)3)28(2)12-10-19(31)15-18(28)16-24(26)32/h17-24,26,31-32H,4-16H2,1-3H3,(H,34,35)/t17-,18+,19-,20-,21+,22+,23+,24-,26+,28+,29-/m1/s1. The van der Waals surface area contributed by atoms with Crippen LogP contribution in [0.4, 0.5) is 0 Å². The van der Waals surface area contributed by atoms with Crippen LogP contribution >= 0.6 is 0 Å². The Balaban J connectivity index is 1.26. The SMILES string of the molecule is C[C@H](CCC(=O)N1CCC[C@H]1C(=O)O)[C@H]1CC[C@H]2[C@@H]3[C@H](O)C[C@@H]4C[C@H](O)CC[C@]4(C)[C@H]3CC[C@]12C. The third-order valence-corrected chi connectivity index (χ3v) is 12.1. The molecule has 4 aliphatic carbocycles. The number of amides is 1. The lowest BCUT2D eigenvalue weighted by Gasteiger charge is -2.62. The van der Waals surface area contributed by atoms with E-state index in [-0.39, 0.29) is 28.9 Å². The highest BCUT2D eigenvalue weighted by atomic mass is 16.4. The molecule has 198 valence electrons. The number of nitrogens with zero attached hydrogens (tertiary/aromatic N) is 1. The summed E-state index contributed by atoms with van der Waals surface area (Å²) < 4.78 is 0. The van der Waals surface area contributed by atoms with Gasteiger partial charge in [-0.15, -0.1) is 0 Å². The Kier molecular flexibility index (Phi) is 6.78. The van der Waals surface area contributed by atoms with Gasteiger partial charge in [-0.25, -0.2) is 4.79 Å². The van der Waals surface area contributed by atoms with Gasteiger partial charge in [-0.05, 0) is 117 Å². The summed E-state index contributed by atoms with van der Waals surface area (Å²) in [5, 5.41) is 31.2. The van der Waals surface area contributed by atoms with Gasteiger partial charge in [-0.3, -0.25) is 4.79 Å². The van der Waals surface area contributed by atoms with Gasteiger partial charge < -0.3 is 20.2 Å². The zero-order chi connectivity index (χ0) is 25.1. The van der Waals surface area contributed by atoms with E-state index in [1.807, 2.05) is 0 Å². The summed E-state index contributed by atoms with van der Waals surface area (Å²) in [6.07, 6.45) is 10.6. The number of fused-ring (bicyclic) bond motifs is 5. The molecule has 5 rings (SSSR count). The van der Waals surface area contributed by atoms with E-state index in [0.717, 1.165) is 38.5 Å². The number of carboxylic acid groups (broad SMARTS) is 1. The average molecular weight is 490 g/mol. The van der Waals surface area contributed by atoms with Crippen LogP contribution in [0, 0.1) is 46.3 Å². The second kappa shape index (κ2) is 9.31. The summed E-state index contributed by atoms with van der Waals surface area (Å²) >= 11 is 0. The van der Waals surface area contributed by atoms with E-state index in [1.165, 1.54) is 25.7 Å². The van der Waals surface area contributed by atoms with Crippen LogP contribution in [0.3, 0.4) is 0 Å². The first-order chi connectivity index (χ1) is 16.6. The molecule has 3 N–H and O–H groups in total. The molecule has 0 spiro atoms. The van der Waals surface area contributed by atoms with E-state index in [9.17, 15) is 24.9 Å². The van der Waals surface area contributed by atoms with Gasteiger partial charge in [-0.1, -0.05) is 20.8 Å². The van der Waals surface area contributed by atoms with Gasteiger partial charge in [0.2, 0.25) is 5.91 Å². The van der Waals surface area contributed by atoms with Crippen molar-refractivity contribution >= 4 is 11.9 Å². The second-order valence-corrected chi connectivity index (χ2v) is 13.6. The lowest BCUT2D eigenvalue weighted by molar-refractivity contribution is -0.174. The minimum absolute atomic E-state index is 0.00585. The largest absolute Gasteiger partial charge is 0.480 e. The topological polar surface area (TPSA) is 98.1 Å². The zero-order valence-corrected chi connectivity index (χ0v) is 22.0. The highest BCUT2D eigenvalue weighted by molar-refractivity contribution is 5.84. The molecule has 6 nitrogen and oxygen atoms in total. The van der Waals surface area contributed by atoms with E-state index in [1.54, 1.807) is 4.90 Å². The number of aliphatic hydroxyl groups excluding tert-OH is 2. The van der Waals surface area contributed by atoms with Crippen LogP contribution in [0.15, 0.2) is 0 Å². The van der Waals surface area contributed by atoms with Crippen molar-refractivity contribution < 1.29 is 24.9 Å². The monoisotopic (exact) mass is 489 g/mol. The fourth-order valence-corrected chi connectivity index (χ4v) is 10.2. The maximum Gasteiger partial charge on any atom is 0.326 e. The molecule has 1 amide bonds. The highest BCUT2D eigenvalue weighted by Gasteiger charge is 2.62. The van der Waals surface area contributed by atoms with Crippen LogP contribution in [0.5, 0.6) is 0 Å². The van der Waals surface area contributed by atoms with E-state index in [2.05, 4.69) is 20.8 Å². The van der Waals surface area contributed by atoms with E-state index < -0.39 is 12.0 Å². The second-order valence-electron chi connectivity index (χ2n) is 13.6. The van der Waals surface area contributed by atoms with Crippen LogP contribution in [0.1, 0.15) is 97.8 Å². The first kappa shape index (κ1) is 25.5. The molecular weight excluding hydrogens is 442 g/mol. The molecule has 0 radical (unpaired) electrons. The highest BCUT2D eigenvalue weighted by Crippen LogP contribution is 2.68. The Hall–Kier alpha value is -1.14. The lowest BCUT2D eigenvalue weighted by Crippen LogP contribution is -2.58. The maximum absolute atomic E-state index is 12.9. The van der Waals surface area contributed by atoms with Crippen molar-refractivity contribution in [2.45, 2.75) is 116 Å². The van der Waals surface area contributed by atoms with Crippen molar-refractivity contribution in [2.75, 3.05) is 6.54 Å². The molecule has 0 aromatic heterocycles. The number of carbonyl (C=O) groups excluding carboxylic acids is 1. The number of aliphatic hydroxyl groups is 2. The fraction of sp³-hybridized carbons (Fsp3) is 0.931. The first-order valence-electron chi connectivity index (χ1n) is 14.4. The van der Waals surface area contributed by atoms with Crippen LogP contribution in [0.2, 0.25) is 0 Å². The number of rotatable bonds is 5. The predicted molar refractivity (Wildman–Crippen MR) is 133 cm³/mol. The van der Waals surface area contributed by atoms with Gasteiger partial charge in [0.15, 0.2) is 0 Å². The van der Waals surface area contributed by atoms with Gasteiger partial charge in [0.05, 0.1) is 12.2 Å². The van der Waals surface area contributed by atoms with Crippen molar-refractivity contribution in [2.24, 2.45) is 46.3 Å². The van der Waals surface area contributed by atoms with Crippen LogP contribution in [-0.2, 0) is 9.59 Å². The summed E-state index contributed by atoms with van der Waals surface area (Å²) in [5.41, 5.74) is 0.455. The van der Waals surface area contributed by atoms with Crippen LogP contribution in [-0.4, -0.2) is 56.9 Å². The normalized spacial score (nSPS) is 48.1. The molecule has 4 saturated carbocycles. The van der Waals surface area contributed by atoms with Crippen molar-refractivity contribution in [3.63, 3.8) is 0 Å². The van der Waals surface area contributed by atoms with Crippen LogP contribution < -0.4 is 0 Å². The quantitative estimate of drug-likeness (QED) is 0.529. The Morgan fingerprint density at radius 1 is 0.971 bits per heavy atom. The number of hydrogen-bond donors (Lipinski definition) is 3. The zero-order valence-electron chi connectivity index (χ0n) is 22.0. The van der Waals surface area contributed by atoms with Gasteiger partial charge >= 0.3 is 5.97 Å². The first-order valence-corrected chi connectivity index (χ1v) is 14.4. The van der Waals surface area contributed by atoms with Gasteiger partial charge in [0.1, 0.15) is 6.04 Å². The molecule has 0 bridgehead atoms. The van der Waals surface area contributed by atoms with Gasteiger partial charge in [0, 0.05) is 13.0 Å². The van der Waals surface area contributed by atoms with Crippen molar-refractivity contribution in [3.8, 4) is 0 Å². The number of hydrogen-bond acceptors (Lipinski definition) is 4. The molecule has 6 heteroatoms. The Morgan fingerprint density at radius 3 is 2.43 bits per heavy atom. The van der Waals surface area contributed by atoms with Crippen molar-refractivity contribution in [1.82, 2.24) is 4.90 Å². The molecule has 0 aromatic rings. The smallest absolute Gasteiger partial charge is 0.326 e. The molecule has 0 aromatic carbocycles. The average Bonchev–Trinajstić information content (AvgIpc) is 3.43. The van der Waals surface area contributed by atoms with E-state index >= 15 is 0 Å². The molecule has 1 saturated heterocycles. The summed E-state index contributed by atoms with van der Waals surface area (Å²) in [5.74, 6) is 2.01. The molecule has 5 aliphatic rings. The third kappa shape index (κ3) is 4.15. The number of likely N-dealkylation sites (tertiary alicyclic amines) is 1. The number of carbonyl (C=O) groups is 2. The summed E-state index contributed by atoms with van der Waals surface area (Å²) in [4.78, 5) is 26.0. The number of carboxylic acids is 1. The van der Waals surface area contributed by atoms with Crippen molar-refractivity contribution in [1.29, 1.82) is 0 Å². The Bertz CT molecular complexity index is 832. The van der Waals surface area contributed by atoms with E-state index in [0.29, 0.717) is 54.9 Å². The maximum atomic E-state index is 12.9. The Morgan fingerprint density at radius 2 is 1.69 bits per heavy atom. The van der Waals surface area contributed by atoms with E-state index in [4.69, 9.17) is 0 Å². The molecule has 5 fully saturated rings. The minimum Gasteiger partial charge on any atom is -0.480 e.